The van der Waals surface area contributed by atoms with E-state index in [2.05, 4.69) is 16.0 Å². The number of aliphatic carboxylic acids is 2. The Kier molecular flexibility index (Phi) is 11.6. The second-order valence-corrected chi connectivity index (χ2v) is 7.39. The highest BCUT2D eigenvalue weighted by molar-refractivity contribution is 5.94. The van der Waals surface area contributed by atoms with Gasteiger partial charge >= 0.3 is 11.9 Å². The normalized spacial score (nSPS) is 16.0. The van der Waals surface area contributed by atoms with Crippen molar-refractivity contribution in [1.82, 2.24) is 16.0 Å². The molecule has 12 heteroatoms. The lowest BCUT2D eigenvalue weighted by molar-refractivity contribution is -0.144. The van der Waals surface area contributed by atoms with Crippen LogP contribution in [0.3, 0.4) is 0 Å². The number of aliphatic hydroxyl groups is 1. The molecule has 0 rings (SSSR count). The standard InChI is InChI=1S/C18H32N4O8/c1-5-9(4)14(17(28)21-13(8(2)3)18(29)30)22-16(27)11(7-23)20-15(26)10(19)6-12(24)25/h8-11,13-14,23H,5-7,19H2,1-4H3,(H,20,26)(H,21,28)(H,22,27)(H,24,25)(H,29,30). The third kappa shape index (κ3) is 8.74. The largest absolute Gasteiger partial charge is 0.481 e. The van der Waals surface area contributed by atoms with Gasteiger partial charge in [0.2, 0.25) is 17.7 Å². The highest BCUT2D eigenvalue weighted by atomic mass is 16.4. The van der Waals surface area contributed by atoms with Gasteiger partial charge in [-0.2, -0.15) is 0 Å². The SMILES string of the molecule is CCC(C)C(NC(=O)C(CO)NC(=O)C(N)CC(=O)O)C(=O)NC(C(=O)O)C(C)C. The number of carbonyl (C=O) groups is 5. The molecule has 30 heavy (non-hydrogen) atoms. The predicted molar refractivity (Wildman–Crippen MR) is 105 cm³/mol. The van der Waals surface area contributed by atoms with Crippen LogP contribution in [0, 0.1) is 11.8 Å². The molecule has 0 spiro atoms. The number of aliphatic hydroxyl groups excluding tert-OH is 1. The molecule has 0 aliphatic rings. The van der Waals surface area contributed by atoms with Crippen LogP contribution in [0.25, 0.3) is 0 Å². The molecular formula is C18H32N4O8. The molecule has 8 N–H and O–H groups in total. The van der Waals surface area contributed by atoms with E-state index in [-0.39, 0.29) is 5.92 Å². The van der Waals surface area contributed by atoms with Crippen molar-refractivity contribution >= 4 is 29.7 Å². The van der Waals surface area contributed by atoms with Gasteiger partial charge in [0.1, 0.15) is 18.1 Å². The van der Waals surface area contributed by atoms with Crippen molar-refractivity contribution in [2.45, 2.75) is 64.7 Å². The minimum Gasteiger partial charge on any atom is -0.481 e. The zero-order valence-electron chi connectivity index (χ0n) is 17.5. The fourth-order valence-corrected chi connectivity index (χ4v) is 2.47. The molecule has 12 nitrogen and oxygen atoms in total. The Hall–Kier alpha value is -2.73. The lowest BCUT2D eigenvalue weighted by atomic mass is 9.96. The zero-order chi connectivity index (χ0) is 23.6. The number of hydrogen-bond acceptors (Lipinski definition) is 7. The van der Waals surface area contributed by atoms with Crippen molar-refractivity contribution < 1.29 is 39.3 Å². The lowest BCUT2D eigenvalue weighted by Gasteiger charge is -2.28. The molecule has 0 radical (unpaired) electrons. The van der Waals surface area contributed by atoms with Gasteiger partial charge in [0.25, 0.3) is 0 Å². The first kappa shape index (κ1) is 27.3. The molecule has 5 unspecified atom stereocenters. The fraction of sp³-hybridized carbons (Fsp3) is 0.722. The van der Waals surface area contributed by atoms with Crippen molar-refractivity contribution in [2.24, 2.45) is 17.6 Å². The van der Waals surface area contributed by atoms with E-state index in [9.17, 15) is 34.2 Å². The molecule has 0 heterocycles. The summed E-state index contributed by atoms with van der Waals surface area (Å²) in [5.74, 6) is -5.90. The van der Waals surface area contributed by atoms with E-state index in [4.69, 9.17) is 10.8 Å². The van der Waals surface area contributed by atoms with Gasteiger partial charge in [0.15, 0.2) is 0 Å². The summed E-state index contributed by atoms with van der Waals surface area (Å²) in [6.07, 6.45) is -0.202. The van der Waals surface area contributed by atoms with Crippen molar-refractivity contribution in [2.75, 3.05) is 6.61 Å². The third-order valence-corrected chi connectivity index (χ3v) is 4.57. The summed E-state index contributed by atoms with van der Waals surface area (Å²) < 4.78 is 0. The zero-order valence-corrected chi connectivity index (χ0v) is 17.5. The Morgan fingerprint density at radius 3 is 1.80 bits per heavy atom. The van der Waals surface area contributed by atoms with Gasteiger partial charge in [0, 0.05) is 0 Å². The average Bonchev–Trinajstić information content (AvgIpc) is 2.65. The Balaban J connectivity index is 5.32. The maximum absolute atomic E-state index is 12.6. The highest BCUT2D eigenvalue weighted by Gasteiger charge is 2.33. The van der Waals surface area contributed by atoms with Crippen LogP contribution in [0.5, 0.6) is 0 Å². The van der Waals surface area contributed by atoms with Gasteiger partial charge < -0.3 is 37.0 Å². The molecule has 0 aromatic heterocycles. The number of nitrogens with one attached hydrogen (secondary N) is 3. The van der Waals surface area contributed by atoms with Gasteiger partial charge in [0.05, 0.1) is 19.1 Å². The van der Waals surface area contributed by atoms with E-state index in [1.807, 2.05) is 0 Å². The number of carbonyl (C=O) groups excluding carboxylic acids is 3. The number of amides is 3. The summed E-state index contributed by atoms with van der Waals surface area (Å²) in [6.45, 7) is 5.85. The van der Waals surface area contributed by atoms with Gasteiger partial charge in [-0.25, -0.2) is 4.79 Å². The van der Waals surface area contributed by atoms with Gasteiger partial charge in [-0.3, -0.25) is 19.2 Å². The van der Waals surface area contributed by atoms with Crippen molar-refractivity contribution in [3.8, 4) is 0 Å². The Morgan fingerprint density at radius 1 is 0.867 bits per heavy atom. The lowest BCUT2D eigenvalue weighted by Crippen LogP contribution is -2.60. The van der Waals surface area contributed by atoms with E-state index in [1.54, 1.807) is 27.7 Å². The molecule has 0 saturated heterocycles. The molecule has 0 aromatic rings. The summed E-state index contributed by atoms with van der Waals surface area (Å²) in [7, 11) is 0. The molecule has 0 saturated carbocycles. The minimum atomic E-state index is -1.47. The number of hydrogen-bond donors (Lipinski definition) is 7. The number of rotatable bonds is 13. The summed E-state index contributed by atoms with van der Waals surface area (Å²) in [6, 6.07) is -5.19. The second-order valence-electron chi connectivity index (χ2n) is 7.39. The van der Waals surface area contributed by atoms with Crippen LogP contribution in [-0.4, -0.2) is 75.8 Å². The molecule has 5 atom stereocenters. The second kappa shape index (κ2) is 12.8. The summed E-state index contributed by atoms with van der Waals surface area (Å²) >= 11 is 0. The maximum Gasteiger partial charge on any atom is 0.326 e. The van der Waals surface area contributed by atoms with Crippen molar-refractivity contribution in [1.29, 1.82) is 0 Å². The first-order valence-corrected chi connectivity index (χ1v) is 9.57. The quantitative estimate of drug-likeness (QED) is 0.172. The van der Waals surface area contributed by atoms with Crippen LogP contribution in [0.15, 0.2) is 0 Å². The smallest absolute Gasteiger partial charge is 0.326 e. The highest BCUT2D eigenvalue weighted by Crippen LogP contribution is 2.10. The van der Waals surface area contributed by atoms with E-state index < -0.39 is 72.8 Å². The average molecular weight is 432 g/mol. The third-order valence-electron chi connectivity index (χ3n) is 4.57. The van der Waals surface area contributed by atoms with E-state index in [0.29, 0.717) is 6.42 Å². The topological polar surface area (TPSA) is 208 Å². The van der Waals surface area contributed by atoms with E-state index >= 15 is 0 Å². The number of carboxylic acids is 2. The number of carboxylic acid groups (broad SMARTS) is 2. The molecule has 0 fully saturated rings. The first-order valence-electron chi connectivity index (χ1n) is 9.57. The number of nitrogens with two attached hydrogens (primary N) is 1. The van der Waals surface area contributed by atoms with Crippen LogP contribution in [0.1, 0.15) is 40.5 Å². The van der Waals surface area contributed by atoms with Crippen molar-refractivity contribution in [3.05, 3.63) is 0 Å². The Labute approximate surface area is 174 Å². The fourth-order valence-electron chi connectivity index (χ4n) is 2.47. The van der Waals surface area contributed by atoms with Crippen LogP contribution < -0.4 is 21.7 Å². The molecule has 0 aromatic carbocycles. The minimum absolute atomic E-state index is 0.389. The first-order chi connectivity index (χ1) is 13.8. The van der Waals surface area contributed by atoms with Crippen molar-refractivity contribution in [3.63, 3.8) is 0 Å². The van der Waals surface area contributed by atoms with Gasteiger partial charge in [-0.15, -0.1) is 0 Å². The van der Waals surface area contributed by atoms with Crippen LogP contribution in [0.2, 0.25) is 0 Å². The predicted octanol–water partition coefficient (Wildman–Crippen LogP) is -1.98. The van der Waals surface area contributed by atoms with E-state index in [0.717, 1.165) is 0 Å². The Morgan fingerprint density at radius 2 is 1.40 bits per heavy atom. The maximum atomic E-state index is 12.6. The van der Waals surface area contributed by atoms with Gasteiger partial charge in [-0.1, -0.05) is 34.1 Å². The molecule has 0 aliphatic heterocycles. The van der Waals surface area contributed by atoms with Gasteiger partial charge in [-0.05, 0) is 11.8 Å². The molecular weight excluding hydrogens is 400 g/mol. The van der Waals surface area contributed by atoms with Crippen LogP contribution in [0.4, 0.5) is 0 Å². The van der Waals surface area contributed by atoms with Crippen LogP contribution >= 0.6 is 0 Å². The molecule has 0 aliphatic carbocycles. The Bertz CT molecular complexity index is 640. The molecule has 0 bridgehead atoms. The monoisotopic (exact) mass is 432 g/mol. The molecule has 172 valence electrons. The summed E-state index contributed by atoms with van der Waals surface area (Å²) in [5.41, 5.74) is 5.43. The molecule has 3 amide bonds. The summed E-state index contributed by atoms with van der Waals surface area (Å²) in [4.78, 5) is 59.0. The van der Waals surface area contributed by atoms with E-state index in [1.165, 1.54) is 0 Å². The van der Waals surface area contributed by atoms with Crippen LogP contribution in [-0.2, 0) is 24.0 Å². The summed E-state index contributed by atoms with van der Waals surface area (Å²) in [5, 5.41) is 34.3.